The van der Waals surface area contributed by atoms with Crippen LogP contribution in [0.2, 0.25) is 0 Å². The first kappa shape index (κ1) is 71.1. The molecule has 7 heterocycles. The van der Waals surface area contributed by atoms with Gasteiger partial charge in [0.2, 0.25) is 0 Å². The van der Waals surface area contributed by atoms with E-state index < -0.39 is 23.7 Å². The van der Waals surface area contributed by atoms with Crippen LogP contribution in [0.1, 0.15) is 131 Å². The molecule has 0 amide bonds. The largest absolute Gasteiger partial charge is 2.00 e. The summed E-state index contributed by atoms with van der Waals surface area (Å²) in [5.41, 5.74) is 6.03. The van der Waals surface area contributed by atoms with Crippen molar-refractivity contribution in [2.45, 2.75) is 117 Å². The molecule has 0 aliphatic carbocycles. The van der Waals surface area contributed by atoms with E-state index >= 15 is 0 Å². The molecule has 1 N–H and O–H groups in total. The Balaban J connectivity index is 0.000000330. The van der Waals surface area contributed by atoms with Gasteiger partial charge in [0, 0.05) is 30.5 Å². The second-order valence-electron chi connectivity index (χ2n) is 18.6. The molecule has 85 heavy (non-hydrogen) atoms. The first-order valence-electron chi connectivity index (χ1n) is 26.9. The van der Waals surface area contributed by atoms with Crippen molar-refractivity contribution in [3.05, 3.63) is 161 Å². The summed E-state index contributed by atoms with van der Waals surface area (Å²) in [6, 6.07) is 20.0. The average Bonchev–Trinajstić information content (AvgIpc) is 3.84. The number of nitrogens with zero attached hydrogens (tertiary/aromatic N) is 9. The summed E-state index contributed by atoms with van der Waals surface area (Å²) in [5.74, 6) is 1.39. The summed E-state index contributed by atoms with van der Waals surface area (Å²) >= 11 is 3.70. The zero-order valence-corrected chi connectivity index (χ0v) is 49.6. The van der Waals surface area contributed by atoms with Crippen LogP contribution in [0.5, 0.6) is 0 Å². The quantitative estimate of drug-likeness (QED) is 0.00962. The van der Waals surface area contributed by atoms with Crippen molar-refractivity contribution in [3.8, 4) is 45.6 Å². The van der Waals surface area contributed by atoms with Crippen molar-refractivity contribution < 1.29 is 74.4 Å². The Hall–Kier alpha value is -8.20. The van der Waals surface area contributed by atoms with Gasteiger partial charge in [-0.2, -0.15) is 36.6 Å². The fourth-order valence-corrected chi connectivity index (χ4v) is 8.27. The SMILES string of the molecule is CCCCC(CC)CCc1ccnc(-c2cc(C(F)(F)F)[nH]n2)c1.CCCCC(CC)CCc1ccnc(-c2cc(C(F)(F)F)n[n-]2)c1.O=CO/C=C/c1ccnc(-c2cc(/C=C/OC=O)cc(-c3cc(/C=C/OC=O)ccn3)n2)c1.[N-]=C=S.[Ru+2]. The molecule has 0 spiro atoms. The van der Waals surface area contributed by atoms with Gasteiger partial charge in [-0.15, -0.1) is 0 Å². The number of carbonyl (C=O) groups excluding carboxylic acids is 3. The van der Waals surface area contributed by atoms with Gasteiger partial charge in [-0.25, -0.2) is 4.98 Å². The summed E-state index contributed by atoms with van der Waals surface area (Å²) in [6.45, 7) is 9.77. The number of ether oxygens (including phenoxy) is 3. The summed E-state index contributed by atoms with van der Waals surface area (Å²) in [4.78, 5) is 52.9. The standard InChI is InChI=1S/C24H17N3O6.C18H24F3N3.C18H23F3N3.CNS.Ru/c28-15-31-8-3-18-1-6-25-21(11-18)23-13-20(5-10-33-17-30)14-24(27-23)22-12-19(2-7-26-22)4-9-32-16-29;2*1-3-5-6-13(4-2)7-8-14-9-10-22-15(11-14)16-12-17(24-23-16)18(19,20)21;2-1-3;/h1-17H;9-13H,3-8H2,1-2H3,(H,23,24);9-13H,3-8H2,1-2H3;;/q;;2*-1;+2/b8-3+,9-4+,10-5+;;;;. The van der Waals surface area contributed by atoms with E-state index in [1.54, 1.807) is 79.4 Å². The number of nitrogens with one attached hydrogen (secondary N) is 1. The van der Waals surface area contributed by atoms with Crippen LogP contribution in [0.25, 0.3) is 69.2 Å². The van der Waals surface area contributed by atoms with Crippen molar-refractivity contribution in [2.24, 2.45) is 11.8 Å². The zero-order chi connectivity index (χ0) is 61.2. The molecule has 0 saturated carbocycles. The minimum Gasteiger partial charge on any atom is -0.753 e. The van der Waals surface area contributed by atoms with E-state index in [4.69, 9.17) is 5.41 Å². The molecule has 7 aromatic heterocycles. The van der Waals surface area contributed by atoms with E-state index in [-0.39, 0.29) is 30.9 Å². The van der Waals surface area contributed by atoms with Crippen LogP contribution >= 0.6 is 12.2 Å². The van der Waals surface area contributed by atoms with Crippen LogP contribution in [0, 0.1) is 11.8 Å². The number of thiocarbonyl (C=S) groups is 1. The molecule has 0 aliphatic rings. The smallest absolute Gasteiger partial charge is 0.753 e. The number of H-pyrrole nitrogens is 1. The van der Waals surface area contributed by atoms with E-state index in [1.807, 2.05) is 29.4 Å². The van der Waals surface area contributed by atoms with Crippen LogP contribution in [-0.4, -0.2) is 64.8 Å². The third kappa shape index (κ3) is 25.7. The Kier molecular flexibility index (Phi) is 32.3. The van der Waals surface area contributed by atoms with Gasteiger partial charge in [0.1, 0.15) is 17.1 Å². The number of hydrogen-bond acceptors (Lipinski definition) is 14. The number of aromatic amines is 1. The number of alkyl halides is 6. The minimum atomic E-state index is -4.48. The Morgan fingerprint density at radius 3 is 1.41 bits per heavy atom. The molecule has 450 valence electrons. The predicted octanol–water partition coefficient (Wildman–Crippen LogP) is 15.2. The third-order valence-corrected chi connectivity index (χ3v) is 12.8. The van der Waals surface area contributed by atoms with Gasteiger partial charge in [0.25, 0.3) is 19.4 Å². The normalized spacial score (nSPS) is 11.8. The Labute approximate surface area is 507 Å². The second kappa shape index (κ2) is 38.6. The minimum absolute atomic E-state index is 0. The topological polar surface area (TPSA) is 221 Å². The van der Waals surface area contributed by atoms with E-state index in [0.29, 0.717) is 71.0 Å². The number of pyridine rings is 5. The number of halogens is 6. The molecule has 0 radical (unpaired) electrons. The number of aromatic nitrogens is 9. The fourth-order valence-electron chi connectivity index (χ4n) is 8.27. The molecule has 0 bridgehead atoms. The van der Waals surface area contributed by atoms with Crippen molar-refractivity contribution in [1.29, 1.82) is 0 Å². The van der Waals surface area contributed by atoms with Crippen molar-refractivity contribution >= 4 is 55.0 Å². The number of aryl methyl sites for hydroxylation is 2. The van der Waals surface area contributed by atoms with Gasteiger partial charge in [-0.1, -0.05) is 97.0 Å². The molecular formula is C61H64F6N10O6RuS. The van der Waals surface area contributed by atoms with Crippen LogP contribution in [0.3, 0.4) is 0 Å². The molecule has 2 unspecified atom stereocenters. The Morgan fingerprint density at radius 2 is 1.00 bits per heavy atom. The van der Waals surface area contributed by atoms with Crippen LogP contribution < -0.4 is 5.10 Å². The molecular weight excluding hydrogens is 1220 g/mol. The molecule has 7 rings (SSSR count). The van der Waals surface area contributed by atoms with Crippen molar-refractivity contribution in [3.63, 3.8) is 0 Å². The van der Waals surface area contributed by atoms with E-state index in [1.165, 1.54) is 62.5 Å². The van der Waals surface area contributed by atoms with Crippen molar-refractivity contribution in [1.82, 2.24) is 45.3 Å². The molecule has 0 aromatic carbocycles. The molecule has 0 aliphatic heterocycles. The van der Waals surface area contributed by atoms with E-state index in [0.717, 1.165) is 72.9 Å². The number of hydrogen-bond donors (Lipinski definition) is 1. The summed E-state index contributed by atoms with van der Waals surface area (Å²) in [6.07, 6.45) is 19.8. The predicted molar refractivity (Wildman–Crippen MR) is 311 cm³/mol. The average molecular weight is 1280 g/mol. The molecule has 16 nitrogen and oxygen atoms in total. The van der Waals surface area contributed by atoms with Gasteiger partial charge < -0.3 is 29.8 Å². The first-order chi connectivity index (χ1) is 40.5. The second-order valence-corrected chi connectivity index (χ2v) is 18.8. The fraction of sp³-hybridized carbons (Fsp3) is 0.328. The van der Waals surface area contributed by atoms with Crippen LogP contribution in [0.15, 0.2) is 116 Å². The Morgan fingerprint density at radius 1 is 0.576 bits per heavy atom. The van der Waals surface area contributed by atoms with Crippen LogP contribution in [-0.2, 0) is 73.3 Å². The Bertz CT molecular complexity index is 3060. The van der Waals surface area contributed by atoms with Gasteiger partial charge >= 0.3 is 31.8 Å². The van der Waals surface area contributed by atoms with Gasteiger partial charge in [0.05, 0.1) is 47.3 Å². The maximum Gasteiger partial charge on any atom is 2.00 e. The van der Waals surface area contributed by atoms with Crippen LogP contribution in [0.4, 0.5) is 26.3 Å². The number of unbranched alkanes of at least 4 members (excludes halogenated alkanes) is 2. The maximum atomic E-state index is 12.7. The molecule has 2 atom stereocenters. The van der Waals surface area contributed by atoms with Gasteiger partial charge in [-0.3, -0.25) is 39.4 Å². The van der Waals surface area contributed by atoms with Crippen molar-refractivity contribution in [2.75, 3.05) is 0 Å². The molecule has 0 fully saturated rings. The molecule has 7 aromatic rings. The monoisotopic (exact) mass is 1280 g/mol. The van der Waals surface area contributed by atoms with E-state index in [2.05, 4.69) is 94.3 Å². The summed E-state index contributed by atoms with van der Waals surface area (Å²) < 4.78 is 89.7. The van der Waals surface area contributed by atoms with E-state index in [9.17, 15) is 40.7 Å². The summed E-state index contributed by atoms with van der Waals surface area (Å²) in [7, 11) is 0. The third-order valence-electron chi connectivity index (χ3n) is 12.8. The summed E-state index contributed by atoms with van der Waals surface area (Å²) in [5, 5.41) is 21.1. The van der Waals surface area contributed by atoms with Gasteiger partial charge in [-0.05, 0) is 156 Å². The first-order valence-corrected chi connectivity index (χ1v) is 27.3. The number of carbonyl (C=O) groups is 3. The number of rotatable bonds is 27. The van der Waals surface area contributed by atoms with Gasteiger partial charge in [0.15, 0.2) is 0 Å². The maximum absolute atomic E-state index is 12.7. The number of isothiocyanates is 1. The zero-order valence-electron chi connectivity index (χ0n) is 47.1. The molecule has 24 heteroatoms. The molecule has 0 saturated heterocycles.